The molecule has 1 saturated heterocycles. The van der Waals surface area contributed by atoms with E-state index in [-0.39, 0.29) is 5.69 Å². The van der Waals surface area contributed by atoms with Crippen LogP contribution in [0.3, 0.4) is 0 Å². The molecule has 0 unspecified atom stereocenters. The summed E-state index contributed by atoms with van der Waals surface area (Å²) >= 11 is 0. The van der Waals surface area contributed by atoms with E-state index in [0.717, 1.165) is 35.6 Å². The fraction of sp³-hybridized carbons (Fsp3) is 0.200. The first-order valence-corrected chi connectivity index (χ1v) is 8.97. The molecule has 1 aliphatic rings. The van der Waals surface area contributed by atoms with E-state index < -0.39 is 4.92 Å². The van der Waals surface area contributed by atoms with Crippen LogP contribution in [0.25, 0.3) is 16.9 Å². The molecule has 8 nitrogen and oxygen atoms in total. The Morgan fingerprint density at radius 1 is 1.07 bits per heavy atom. The van der Waals surface area contributed by atoms with E-state index in [1.807, 2.05) is 41.5 Å². The summed E-state index contributed by atoms with van der Waals surface area (Å²) in [5.74, 6) is 0. The van der Waals surface area contributed by atoms with Crippen LogP contribution in [0.4, 0.5) is 5.69 Å². The zero-order valence-electron chi connectivity index (χ0n) is 15.1. The van der Waals surface area contributed by atoms with Crippen LogP contribution in [0.1, 0.15) is 5.56 Å². The Morgan fingerprint density at radius 2 is 1.79 bits per heavy atom. The molecular formula is C20H19N5O3. The predicted molar refractivity (Wildman–Crippen MR) is 106 cm³/mol. The van der Waals surface area contributed by atoms with Gasteiger partial charge in [0, 0.05) is 29.5 Å². The Bertz CT molecular complexity index is 977. The highest BCUT2D eigenvalue weighted by atomic mass is 16.6. The van der Waals surface area contributed by atoms with E-state index in [1.165, 1.54) is 12.1 Å². The van der Waals surface area contributed by atoms with Crippen LogP contribution >= 0.6 is 0 Å². The molecule has 8 heteroatoms. The zero-order valence-corrected chi connectivity index (χ0v) is 15.1. The van der Waals surface area contributed by atoms with E-state index in [9.17, 15) is 10.1 Å². The third-order valence-corrected chi connectivity index (χ3v) is 4.46. The number of nitro benzene ring substituents is 1. The first kappa shape index (κ1) is 17.9. The quantitative estimate of drug-likeness (QED) is 0.387. The van der Waals surface area contributed by atoms with Gasteiger partial charge in [-0.2, -0.15) is 10.2 Å². The number of morpholine rings is 1. The Morgan fingerprint density at radius 3 is 2.46 bits per heavy atom. The van der Waals surface area contributed by atoms with Crippen molar-refractivity contribution < 1.29 is 9.66 Å². The molecule has 1 aromatic heterocycles. The summed E-state index contributed by atoms with van der Waals surface area (Å²) < 4.78 is 7.14. The minimum atomic E-state index is -0.410. The molecule has 2 heterocycles. The van der Waals surface area contributed by atoms with Gasteiger partial charge in [0.15, 0.2) is 0 Å². The molecule has 0 spiro atoms. The van der Waals surface area contributed by atoms with Gasteiger partial charge in [-0.15, -0.1) is 0 Å². The molecule has 28 heavy (non-hydrogen) atoms. The van der Waals surface area contributed by atoms with Crippen molar-refractivity contribution in [2.75, 3.05) is 26.3 Å². The number of non-ortho nitro benzene ring substituents is 1. The van der Waals surface area contributed by atoms with E-state index in [4.69, 9.17) is 9.84 Å². The zero-order chi connectivity index (χ0) is 19.3. The second-order valence-electron chi connectivity index (χ2n) is 6.33. The Labute approximate surface area is 161 Å². The minimum absolute atomic E-state index is 0.0507. The lowest BCUT2D eigenvalue weighted by Gasteiger charge is -2.23. The van der Waals surface area contributed by atoms with E-state index in [2.05, 4.69) is 5.10 Å². The third-order valence-electron chi connectivity index (χ3n) is 4.46. The normalized spacial score (nSPS) is 14.5. The summed E-state index contributed by atoms with van der Waals surface area (Å²) in [6, 6.07) is 16.2. The Hall–Kier alpha value is -3.52. The number of para-hydroxylation sites is 1. The Kier molecular flexibility index (Phi) is 5.11. The van der Waals surface area contributed by atoms with Crippen molar-refractivity contribution in [1.82, 2.24) is 14.8 Å². The molecule has 0 radical (unpaired) electrons. The lowest BCUT2D eigenvalue weighted by molar-refractivity contribution is -0.384. The number of hydrogen-bond acceptors (Lipinski definition) is 6. The van der Waals surface area contributed by atoms with E-state index >= 15 is 0 Å². The number of aromatic nitrogens is 2. The van der Waals surface area contributed by atoms with E-state index in [0.29, 0.717) is 13.2 Å². The molecular weight excluding hydrogens is 358 g/mol. The van der Waals surface area contributed by atoms with Gasteiger partial charge < -0.3 is 4.74 Å². The first-order valence-electron chi connectivity index (χ1n) is 8.97. The lowest BCUT2D eigenvalue weighted by Crippen LogP contribution is -2.32. The molecule has 2 aromatic carbocycles. The standard InChI is InChI=1S/C20H19N5O3/c26-25(27)19-8-6-16(7-9-19)20-17(14-21-23-10-12-28-13-11-23)15-24(22-20)18-4-2-1-3-5-18/h1-9,14-15H,10-13H2/b21-14+. The molecule has 0 amide bonds. The second-order valence-corrected chi connectivity index (χ2v) is 6.33. The van der Waals surface area contributed by atoms with Crippen LogP contribution in [0, 0.1) is 10.1 Å². The largest absolute Gasteiger partial charge is 0.378 e. The van der Waals surface area contributed by atoms with Gasteiger partial charge in [-0.25, -0.2) is 4.68 Å². The average molecular weight is 377 g/mol. The minimum Gasteiger partial charge on any atom is -0.378 e. The third kappa shape index (κ3) is 3.91. The smallest absolute Gasteiger partial charge is 0.269 e. The van der Waals surface area contributed by atoms with Gasteiger partial charge in [-0.1, -0.05) is 18.2 Å². The van der Waals surface area contributed by atoms with Crippen LogP contribution in [-0.4, -0.2) is 52.2 Å². The first-order chi connectivity index (χ1) is 13.7. The summed E-state index contributed by atoms with van der Waals surface area (Å²) in [5, 5.41) is 22.2. The van der Waals surface area contributed by atoms with Crippen molar-refractivity contribution in [2.24, 2.45) is 5.10 Å². The number of nitrogens with zero attached hydrogens (tertiary/aromatic N) is 5. The Balaban J connectivity index is 1.71. The highest BCUT2D eigenvalue weighted by molar-refractivity contribution is 5.88. The second kappa shape index (κ2) is 8.01. The van der Waals surface area contributed by atoms with Crippen LogP contribution in [-0.2, 0) is 4.74 Å². The number of nitro groups is 1. The van der Waals surface area contributed by atoms with Gasteiger partial charge in [-0.3, -0.25) is 15.1 Å². The van der Waals surface area contributed by atoms with Crippen LogP contribution in [0.2, 0.25) is 0 Å². The molecule has 0 aliphatic carbocycles. The van der Waals surface area contributed by atoms with Crippen molar-refractivity contribution in [1.29, 1.82) is 0 Å². The number of hydrogen-bond donors (Lipinski definition) is 0. The maximum atomic E-state index is 10.9. The van der Waals surface area contributed by atoms with Gasteiger partial charge in [0.25, 0.3) is 5.69 Å². The van der Waals surface area contributed by atoms with Crippen molar-refractivity contribution in [3.63, 3.8) is 0 Å². The summed E-state index contributed by atoms with van der Waals surface area (Å²) in [5.41, 5.74) is 3.33. The number of rotatable bonds is 5. The fourth-order valence-electron chi connectivity index (χ4n) is 2.97. The SMILES string of the molecule is O=[N+]([O-])c1ccc(-c2nn(-c3ccccc3)cc2/C=N/N2CCOCC2)cc1. The summed E-state index contributed by atoms with van der Waals surface area (Å²) in [6.45, 7) is 2.82. The molecule has 0 bridgehead atoms. The predicted octanol–water partition coefficient (Wildman–Crippen LogP) is 3.11. The highest BCUT2D eigenvalue weighted by Gasteiger charge is 2.14. The fourth-order valence-corrected chi connectivity index (χ4v) is 2.97. The summed E-state index contributed by atoms with van der Waals surface area (Å²) in [4.78, 5) is 10.5. The summed E-state index contributed by atoms with van der Waals surface area (Å²) in [6.07, 6.45) is 3.70. The van der Waals surface area contributed by atoms with Crippen molar-refractivity contribution in [3.8, 4) is 16.9 Å². The molecule has 4 rings (SSSR count). The van der Waals surface area contributed by atoms with Gasteiger partial charge in [0.1, 0.15) is 5.69 Å². The lowest BCUT2D eigenvalue weighted by atomic mass is 10.1. The molecule has 142 valence electrons. The number of ether oxygens (including phenoxy) is 1. The maximum absolute atomic E-state index is 10.9. The molecule has 1 aliphatic heterocycles. The topological polar surface area (TPSA) is 85.8 Å². The van der Waals surface area contributed by atoms with Gasteiger partial charge >= 0.3 is 0 Å². The molecule has 1 fully saturated rings. The highest BCUT2D eigenvalue weighted by Crippen LogP contribution is 2.25. The van der Waals surface area contributed by atoms with Crippen LogP contribution in [0.15, 0.2) is 65.9 Å². The number of benzene rings is 2. The van der Waals surface area contributed by atoms with Gasteiger partial charge in [-0.05, 0) is 24.3 Å². The van der Waals surface area contributed by atoms with Crippen LogP contribution < -0.4 is 0 Å². The maximum Gasteiger partial charge on any atom is 0.269 e. The van der Waals surface area contributed by atoms with Crippen molar-refractivity contribution in [3.05, 3.63) is 76.5 Å². The number of hydrazone groups is 1. The molecule has 0 N–H and O–H groups in total. The van der Waals surface area contributed by atoms with Gasteiger partial charge in [0.05, 0.1) is 43.1 Å². The summed E-state index contributed by atoms with van der Waals surface area (Å²) in [7, 11) is 0. The molecule has 0 atom stereocenters. The van der Waals surface area contributed by atoms with Crippen LogP contribution in [0.5, 0.6) is 0 Å². The van der Waals surface area contributed by atoms with Gasteiger partial charge in [0.2, 0.25) is 0 Å². The van der Waals surface area contributed by atoms with Crippen molar-refractivity contribution in [2.45, 2.75) is 0 Å². The molecule has 3 aromatic rings. The molecule has 0 saturated carbocycles. The van der Waals surface area contributed by atoms with E-state index in [1.54, 1.807) is 23.0 Å². The monoisotopic (exact) mass is 377 g/mol. The van der Waals surface area contributed by atoms with Crippen molar-refractivity contribution >= 4 is 11.9 Å². The average Bonchev–Trinajstić information content (AvgIpc) is 3.18.